The number of rotatable bonds is 4. The average Bonchev–Trinajstić information content (AvgIpc) is 2.18. The average molecular weight is 279 g/mol. The van der Waals surface area contributed by atoms with E-state index < -0.39 is 23.8 Å². The highest BCUT2D eigenvalue weighted by atomic mass is 32.2. The summed E-state index contributed by atoms with van der Waals surface area (Å²) >= 11 is 0.793. The van der Waals surface area contributed by atoms with Crippen LogP contribution >= 0.6 is 11.8 Å². The quantitative estimate of drug-likeness (QED) is 0.657. The lowest BCUT2D eigenvalue weighted by Gasteiger charge is -2.16. The number of nitrogen functional groups attached to an aromatic ring is 1. The van der Waals surface area contributed by atoms with Crippen LogP contribution in [0, 0.1) is 12.8 Å². The molecule has 0 radical (unpaired) electrons. The zero-order chi connectivity index (χ0) is 13.9. The van der Waals surface area contributed by atoms with E-state index in [9.17, 15) is 18.0 Å². The van der Waals surface area contributed by atoms with Gasteiger partial charge in [-0.05, 0) is 24.6 Å². The number of carboxylic acids is 1. The molecule has 0 saturated heterocycles. The minimum atomic E-state index is -4.75. The molecule has 7 heteroatoms. The van der Waals surface area contributed by atoms with Crippen LogP contribution in [0.2, 0.25) is 0 Å². The molecule has 18 heavy (non-hydrogen) atoms. The Morgan fingerprint density at radius 1 is 1.50 bits per heavy atom. The van der Waals surface area contributed by atoms with E-state index >= 15 is 0 Å². The van der Waals surface area contributed by atoms with Gasteiger partial charge in [-0.1, -0.05) is 6.07 Å². The Morgan fingerprint density at radius 3 is 2.56 bits per heavy atom. The van der Waals surface area contributed by atoms with Crippen LogP contribution in [0.25, 0.3) is 0 Å². The molecular formula is C11H12F3NO2S. The number of carboxylic acid groups (broad SMARTS) is 1. The molecule has 1 atom stereocenters. The molecule has 3 N–H and O–H groups in total. The van der Waals surface area contributed by atoms with Crippen LogP contribution in [0.3, 0.4) is 0 Å². The maximum absolute atomic E-state index is 12.4. The lowest BCUT2D eigenvalue weighted by molar-refractivity contribution is -0.188. The third-order valence-electron chi connectivity index (χ3n) is 2.26. The van der Waals surface area contributed by atoms with Gasteiger partial charge in [-0.2, -0.15) is 13.2 Å². The van der Waals surface area contributed by atoms with Crippen molar-refractivity contribution in [2.75, 3.05) is 11.5 Å². The Kier molecular flexibility index (Phi) is 4.50. The fraction of sp³-hybridized carbons (Fsp3) is 0.364. The SMILES string of the molecule is Cc1ccc(SCC(C(=O)O)C(F)(F)F)c(N)c1. The number of anilines is 1. The molecule has 0 saturated carbocycles. The number of nitrogens with two attached hydrogens (primary N) is 1. The van der Waals surface area contributed by atoms with Gasteiger partial charge in [0.15, 0.2) is 5.92 Å². The fourth-order valence-corrected chi connectivity index (χ4v) is 2.35. The molecule has 100 valence electrons. The van der Waals surface area contributed by atoms with Crippen molar-refractivity contribution in [3.8, 4) is 0 Å². The summed E-state index contributed by atoms with van der Waals surface area (Å²) in [5.74, 6) is -4.85. The molecule has 3 nitrogen and oxygen atoms in total. The van der Waals surface area contributed by atoms with Crippen molar-refractivity contribution in [1.29, 1.82) is 0 Å². The van der Waals surface area contributed by atoms with E-state index in [1.807, 2.05) is 0 Å². The van der Waals surface area contributed by atoms with Crippen molar-refractivity contribution in [2.45, 2.75) is 18.0 Å². The van der Waals surface area contributed by atoms with E-state index in [4.69, 9.17) is 10.8 Å². The predicted octanol–water partition coefficient (Wildman–Crippen LogP) is 2.93. The Bertz CT molecular complexity index is 448. The number of aliphatic carboxylic acids is 1. The van der Waals surface area contributed by atoms with E-state index in [1.165, 1.54) is 0 Å². The van der Waals surface area contributed by atoms with Crippen LogP contribution in [0.5, 0.6) is 0 Å². The minimum Gasteiger partial charge on any atom is -0.481 e. The number of alkyl halides is 3. The molecule has 1 unspecified atom stereocenters. The van der Waals surface area contributed by atoms with Gasteiger partial charge in [0, 0.05) is 16.3 Å². The molecule has 0 bridgehead atoms. The van der Waals surface area contributed by atoms with Crippen molar-refractivity contribution in [2.24, 2.45) is 5.92 Å². The van der Waals surface area contributed by atoms with Crippen molar-refractivity contribution >= 4 is 23.4 Å². The number of benzene rings is 1. The smallest absolute Gasteiger partial charge is 0.403 e. The molecule has 0 fully saturated rings. The molecule has 0 spiro atoms. The first kappa shape index (κ1) is 14.7. The van der Waals surface area contributed by atoms with E-state index in [0.29, 0.717) is 10.6 Å². The molecule has 0 aliphatic heterocycles. The maximum Gasteiger partial charge on any atom is 0.403 e. The number of hydrogen-bond donors (Lipinski definition) is 2. The van der Waals surface area contributed by atoms with Crippen molar-refractivity contribution < 1.29 is 23.1 Å². The van der Waals surface area contributed by atoms with Gasteiger partial charge in [-0.25, -0.2) is 0 Å². The maximum atomic E-state index is 12.4. The van der Waals surface area contributed by atoms with Crippen LogP contribution in [0.4, 0.5) is 18.9 Å². The predicted molar refractivity (Wildman–Crippen MR) is 63.5 cm³/mol. The normalized spacial score (nSPS) is 13.3. The summed E-state index contributed by atoms with van der Waals surface area (Å²) in [6.07, 6.45) is -4.75. The number of carbonyl (C=O) groups is 1. The second kappa shape index (κ2) is 5.51. The summed E-state index contributed by atoms with van der Waals surface area (Å²) in [5.41, 5.74) is 6.89. The van der Waals surface area contributed by atoms with Crippen molar-refractivity contribution in [3.63, 3.8) is 0 Å². The summed E-state index contributed by atoms with van der Waals surface area (Å²) in [5, 5.41) is 8.54. The molecular weight excluding hydrogens is 267 g/mol. The Balaban J connectivity index is 2.77. The van der Waals surface area contributed by atoms with Crippen LogP contribution < -0.4 is 5.73 Å². The van der Waals surface area contributed by atoms with Crippen molar-refractivity contribution in [1.82, 2.24) is 0 Å². The molecule has 1 aromatic carbocycles. The van der Waals surface area contributed by atoms with E-state index in [2.05, 4.69) is 0 Å². The van der Waals surface area contributed by atoms with Crippen LogP contribution in [-0.4, -0.2) is 23.0 Å². The Morgan fingerprint density at radius 2 is 2.11 bits per heavy atom. The third-order valence-corrected chi connectivity index (χ3v) is 3.45. The Labute approximate surface area is 106 Å². The zero-order valence-corrected chi connectivity index (χ0v) is 10.3. The van der Waals surface area contributed by atoms with Gasteiger partial charge in [0.2, 0.25) is 0 Å². The van der Waals surface area contributed by atoms with Gasteiger partial charge in [-0.15, -0.1) is 11.8 Å². The summed E-state index contributed by atoms with van der Waals surface area (Å²) in [4.78, 5) is 11.0. The van der Waals surface area contributed by atoms with E-state index in [0.717, 1.165) is 17.3 Å². The van der Waals surface area contributed by atoms with Gasteiger partial charge in [0.05, 0.1) is 0 Å². The van der Waals surface area contributed by atoms with Gasteiger partial charge in [0.25, 0.3) is 0 Å². The fourth-order valence-electron chi connectivity index (χ4n) is 1.28. The summed E-state index contributed by atoms with van der Waals surface area (Å²) in [6.45, 7) is 1.81. The second-order valence-corrected chi connectivity index (χ2v) is 4.85. The summed E-state index contributed by atoms with van der Waals surface area (Å²) < 4.78 is 37.2. The lowest BCUT2D eigenvalue weighted by Crippen LogP contribution is -2.32. The minimum absolute atomic E-state index is 0.353. The first-order valence-corrected chi connectivity index (χ1v) is 5.99. The van der Waals surface area contributed by atoms with Crippen LogP contribution in [-0.2, 0) is 4.79 Å². The van der Waals surface area contributed by atoms with Gasteiger partial charge in [0.1, 0.15) is 0 Å². The second-order valence-electron chi connectivity index (χ2n) is 3.78. The molecule has 0 heterocycles. The van der Waals surface area contributed by atoms with Gasteiger partial charge < -0.3 is 10.8 Å². The lowest BCUT2D eigenvalue weighted by atomic mass is 10.2. The first-order valence-electron chi connectivity index (χ1n) is 5.00. The third kappa shape index (κ3) is 3.83. The van der Waals surface area contributed by atoms with Crippen LogP contribution in [0.1, 0.15) is 5.56 Å². The van der Waals surface area contributed by atoms with Crippen molar-refractivity contribution in [3.05, 3.63) is 23.8 Å². The number of hydrogen-bond acceptors (Lipinski definition) is 3. The highest BCUT2D eigenvalue weighted by molar-refractivity contribution is 7.99. The van der Waals surface area contributed by atoms with Gasteiger partial charge >= 0.3 is 12.1 Å². The highest BCUT2D eigenvalue weighted by Gasteiger charge is 2.44. The molecule has 0 aromatic heterocycles. The number of aryl methyl sites for hydroxylation is 1. The molecule has 0 aliphatic rings. The highest BCUT2D eigenvalue weighted by Crippen LogP contribution is 2.34. The molecule has 0 aliphatic carbocycles. The van der Waals surface area contributed by atoms with E-state index in [-0.39, 0.29) is 0 Å². The largest absolute Gasteiger partial charge is 0.481 e. The zero-order valence-electron chi connectivity index (χ0n) is 9.49. The van der Waals surface area contributed by atoms with Gasteiger partial charge in [-0.3, -0.25) is 4.79 Å². The monoisotopic (exact) mass is 279 g/mol. The number of thioether (sulfide) groups is 1. The molecule has 1 rings (SSSR count). The summed E-state index contributed by atoms with van der Waals surface area (Å²) in [7, 11) is 0. The Hall–Kier alpha value is -1.37. The molecule has 1 aromatic rings. The summed E-state index contributed by atoms with van der Waals surface area (Å²) in [6, 6.07) is 4.93. The topological polar surface area (TPSA) is 63.3 Å². The molecule has 0 amide bonds. The standard InChI is InChI=1S/C11H12F3NO2S/c1-6-2-3-9(8(15)4-6)18-5-7(10(16)17)11(12,13)14/h2-4,7H,5,15H2,1H3,(H,16,17). The van der Waals surface area contributed by atoms with E-state index in [1.54, 1.807) is 25.1 Å². The first-order chi connectivity index (χ1) is 8.21. The van der Waals surface area contributed by atoms with Crippen LogP contribution in [0.15, 0.2) is 23.1 Å². The number of halogens is 3.